The molecular weight excluding hydrogens is 238 g/mol. The van der Waals surface area contributed by atoms with E-state index in [1.165, 1.54) is 6.42 Å². The lowest BCUT2D eigenvalue weighted by Crippen LogP contribution is -2.43. The highest BCUT2D eigenvalue weighted by Crippen LogP contribution is 2.22. The molecular formula is C15H31N3O. The summed E-state index contributed by atoms with van der Waals surface area (Å²) in [6, 6.07) is 0.663. The van der Waals surface area contributed by atoms with Crippen molar-refractivity contribution in [3.63, 3.8) is 0 Å². The lowest BCUT2D eigenvalue weighted by atomic mass is 9.84. The van der Waals surface area contributed by atoms with Gasteiger partial charge in [0.25, 0.3) is 0 Å². The Labute approximate surface area is 118 Å². The molecule has 112 valence electrons. The Morgan fingerprint density at radius 1 is 1.32 bits per heavy atom. The number of carbonyl (C=O) groups excluding carboxylic acids is 1. The molecule has 0 spiro atoms. The van der Waals surface area contributed by atoms with Crippen LogP contribution in [-0.2, 0) is 4.79 Å². The number of hydrogen-bond donors (Lipinski definition) is 2. The first kappa shape index (κ1) is 16.4. The molecule has 4 nitrogen and oxygen atoms in total. The summed E-state index contributed by atoms with van der Waals surface area (Å²) in [5.41, 5.74) is 6.02. The van der Waals surface area contributed by atoms with Gasteiger partial charge in [-0.3, -0.25) is 4.79 Å². The molecule has 0 aromatic rings. The zero-order chi connectivity index (χ0) is 14.3. The molecule has 0 aromatic carbocycles. The van der Waals surface area contributed by atoms with E-state index in [2.05, 4.69) is 31.1 Å². The molecule has 1 saturated carbocycles. The van der Waals surface area contributed by atoms with Crippen LogP contribution < -0.4 is 11.1 Å². The number of hydrogen-bond acceptors (Lipinski definition) is 3. The van der Waals surface area contributed by atoms with E-state index in [4.69, 9.17) is 5.73 Å². The van der Waals surface area contributed by atoms with Crippen LogP contribution in [0, 0.1) is 5.92 Å². The molecule has 0 radical (unpaired) electrons. The smallest absolute Gasteiger partial charge is 0.224 e. The molecule has 19 heavy (non-hydrogen) atoms. The molecule has 1 fully saturated rings. The fraction of sp³-hybridized carbons (Fsp3) is 0.933. The summed E-state index contributed by atoms with van der Waals surface area (Å²) in [5.74, 6) is 0.219. The number of carbonyl (C=O) groups is 1. The maximum atomic E-state index is 12.0. The van der Waals surface area contributed by atoms with Crippen LogP contribution in [0.3, 0.4) is 0 Å². The highest BCUT2D eigenvalue weighted by atomic mass is 16.1. The average Bonchev–Trinajstić information content (AvgIpc) is 2.38. The fourth-order valence-electron chi connectivity index (χ4n) is 2.57. The van der Waals surface area contributed by atoms with E-state index < -0.39 is 0 Å². The van der Waals surface area contributed by atoms with Crippen molar-refractivity contribution in [3.8, 4) is 0 Å². The third-order valence-corrected chi connectivity index (χ3v) is 4.27. The minimum Gasteiger partial charge on any atom is -0.356 e. The van der Waals surface area contributed by atoms with Crippen molar-refractivity contribution in [2.45, 2.75) is 64.5 Å². The second kappa shape index (κ2) is 8.54. The summed E-state index contributed by atoms with van der Waals surface area (Å²) in [7, 11) is 2.14. The van der Waals surface area contributed by atoms with Gasteiger partial charge in [0, 0.05) is 18.6 Å². The summed E-state index contributed by atoms with van der Waals surface area (Å²) in [5, 5.41) is 3.05. The Bertz CT molecular complexity index is 268. The number of nitrogens with one attached hydrogen (secondary N) is 1. The van der Waals surface area contributed by atoms with E-state index in [1.54, 1.807) is 0 Å². The predicted molar refractivity (Wildman–Crippen MR) is 79.9 cm³/mol. The van der Waals surface area contributed by atoms with E-state index in [9.17, 15) is 4.79 Å². The van der Waals surface area contributed by atoms with Gasteiger partial charge in [0.1, 0.15) is 0 Å². The summed E-state index contributed by atoms with van der Waals surface area (Å²) in [4.78, 5) is 14.3. The fourth-order valence-corrected chi connectivity index (χ4v) is 2.57. The molecule has 0 heterocycles. The van der Waals surface area contributed by atoms with Crippen molar-refractivity contribution in [2.24, 2.45) is 11.7 Å². The molecule has 0 aromatic heterocycles. The quantitative estimate of drug-likeness (QED) is 0.692. The molecule has 0 saturated heterocycles. The SMILES string of the molecule is CC(C)N(C)CCCCNC(=O)C1CCCCC1N. The van der Waals surface area contributed by atoms with Gasteiger partial charge in [-0.15, -0.1) is 0 Å². The highest BCUT2D eigenvalue weighted by molar-refractivity contribution is 5.79. The second-order valence-electron chi connectivity index (χ2n) is 6.13. The minimum absolute atomic E-state index is 0.0482. The van der Waals surface area contributed by atoms with Crippen LogP contribution >= 0.6 is 0 Å². The van der Waals surface area contributed by atoms with Crippen LogP contribution in [0.2, 0.25) is 0 Å². The average molecular weight is 269 g/mol. The van der Waals surface area contributed by atoms with E-state index in [1.807, 2.05) is 0 Å². The lowest BCUT2D eigenvalue weighted by Gasteiger charge is -2.27. The van der Waals surface area contributed by atoms with Gasteiger partial charge in [-0.1, -0.05) is 12.8 Å². The first-order valence-electron chi connectivity index (χ1n) is 7.76. The van der Waals surface area contributed by atoms with Gasteiger partial charge in [-0.25, -0.2) is 0 Å². The summed E-state index contributed by atoms with van der Waals surface area (Å²) in [6.07, 6.45) is 6.45. The molecule has 0 bridgehead atoms. The zero-order valence-corrected chi connectivity index (χ0v) is 12.8. The Hall–Kier alpha value is -0.610. The maximum absolute atomic E-state index is 12.0. The Morgan fingerprint density at radius 2 is 2.00 bits per heavy atom. The van der Waals surface area contributed by atoms with Crippen molar-refractivity contribution >= 4 is 5.91 Å². The van der Waals surface area contributed by atoms with Crippen molar-refractivity contribution < 1.29 is 4.79 Å². The number of unbranched alkanes of at least 4 members (excludes halogenated alkanes) is 1. The van der Waals surface area contributed by atoms with E-state index in [0.29, 0.717) is 6.04 Å². The standard InChI is InChI=1S/C15H31N3O/c1-12(2)18(3)11-7-6-10-17-15(19)13-8-4-5-9-14(13)16/h12-14H,4-11,16H2,1-3H3,(H,17,19). The Kier molecular flexibility index (Phi) is 7.39. The number of nitrogens with two attached hydrogens (primary N) is 1. The third-order valence-electron chi connectivity index (χ3n) is 4.27. The van der Waals surface area contributed by atoms with Crippen molar-refractivity contribution in [3.05, 3.63) is 0 Å². The Morgan fingerprint density at radius 3 is 2.63 bits per heavy atom. The van der Waals surface area contributed by atoms with Crippen LogP contribution in [-0.4, -0.2) is 43.0 Å². The molecule has 3 N–H and O–H groups in total. The minimum atomic E-state index is 0.0482. The monoisotopic (exact) mass is 269 g/mol. The first-order valence-corrected chi connectivity index (χ1v) is 7.76. The van der Waals surface area contributed by atoms with Gasteiger partial charge in [-0.05, 0) is 53.1 Å². The number of rotatable bonds is 7. The van der Waals surface area contributed by atoms with Crippen molar-refractivity contribution in [2.75, 3.05) is 20.1 Å². The van der Waals surface area contributed by atoms with Gasteiger partial charge in [0.15, 0.2) is 0 Å². The molecule has 1 rings (SSSR count). The Balaban J connectivity index is 2.10. The topological polar surface area (TPSA) is 58.4 Å². The second-order valence-corrected chi connectivity index (χ2v) is 6.13. The normalized spacial score (nSPS) is 23.9. The van der Waals surface area contributed by atoms with E-state index in [-0.39, 0.29) is 17.9 Å². The van der Waals surface area contributed by atoms with Crippen LogP contribution in [0.15, 0.2) is 0 Å². The van der Waals surface area contributed by atoms with Crippen molar-refractivity contribution in [1.82, 2.24) is 10.2 Å². The van der Waals surface area contributed by atoms with Gasteiger partial charge in [-0.2, -0.15) is 0 Å². The molecule has 1 amide bonds. The van der Waals surface area contributed by atoms with Crippen molar-refractivity contribution in [1.29, 1.82) is 0 Å². The van der Waals surface area contributed by atoms with Crippen LogP contribution in [0.1, 0.15) is 52.4 Å². The summed E-state index contributed by atoms with van der Waals surface area (Å²) >= 11 is 0. The van der Waals surface area contributed by atoms with E-state index in [0.717, 1.165) is 45.2 Å². The zero-order valence-electron chi connectivity index (χ0n) is 12.8. The predicted octanol–water partition coefficient (Wildman–Crippen LogP) is 1.74. The summed E-state index contributed by atoms with van der Waals surface area (Å²) in [6.45, 7) is 6.28. The molecule has 2 atom stereocenters. The van der Waals surface area contributed by atoms with Gasteiger partial charge in [0.2, 0.25) is 5.91 Å². The molecule has 2 unspecified atom stereocenters. The first-order chi connectivity index (χ1) is 9.02. The van der Waals surface area contributed by atoms with Gasteiger partial charge >= 0.3 is 0 Å². The highest BCUT2D eigenvalue weighted by Gasteiger charge is 2.27. The largest absolute Gasteiger partial charge is 0.356 e. The molecule has 1 aliphatic rings. The van der Waals surface area contributed by atoms with Gasteiger partial charge in [0.05, 0.1) is 5.92 Å². The number of amides is 1. The van der Waals surface area contributed by atoms with Crippen LogP contribution in [0.25, 0.3) is 0 Å². The summed E-state index contributed by atoms with van der Waals surface area (Å²) < 4.78 is 0. The van der Waals surface area contributed by atoms with Crippen LogP contribution in [0.4, 0.5) is 0 Å². The van der Waals surface area contributed by atoms with Gasteiger partial charge < -0.3 is 16.0 Å². The lowest BCUT2D eigenvalue weighted by molar-refractivity contribution is -0.126. The molecule has 4 heteroatoms. The number of nitrogens with zero attached hydrogens (tertiary/aromatic N) is 1. The maximum Gasteiger partial charge on any atom is 0.224 e. The molecule has 0 aliphatic heterocycles. The molecule has 1 aliphatic carbocycles. The van der Waals surface area contributed by atoms with Crippen LogP contribution in [0.5, 0.6) is 0 Å². The van der Waals surface area contributed by atoms with E-state index >= 15 is 0 Å². The third kappa shape index (κ3) is 5.91.